The number of aliphatic hydroxyl groups is 2. The lowest BCUT2D eigenvalue weighted by molar-refractivity contribution is -0.161. The molecular formula is C15H20N2O7. The maximum Gasteiger partial charge on any atom is 0.405 e. The number of carbonyl (C=O) groups is 2. The Morgan fingerprint density at radius 1 is 1.33 bits per heavy atom. The highest BCUT2D eigenvalue weighted by molar-refractivity contribution is 5.92. The number of amides is 2. The molecule has 9 nitrogen and oxygen atoms in total. The van der Waals surface area contributed by atoms with Crippen molar-refractivity contribution in [2.45, 2.75) is 24.7 Å². The van der Waals surface area contributed by atoms with Gasteiger partial charge < -0.3 is 35.0 Å². The summed E-state index contributed by atoms with van der Waals surface area (Å²) in [4.78, 5) is 24.2. The second kappa shape index (κ2) is 7.37. The number of methoxy groups -OCH3 is 2. The highest BCUT2D eigenvalue weighted by atomic mass is 16.5. The summed E-state index contributed by atoms with van der Waals surface area (Å²) in [6.07, 6.45) is -2.62. The molecule has 2 amide bonds. The lowest BCUT2D eigenvalue weighted by Crippen LogP contribution is -2.74. The van der Waals surface area contributed by atoms with E-state index in [0.717, 1.165) is 0 Å². The SMILES string of the molecule is COc1ccc(CN2C(=O)[C@@H](NC(=O)O)[C@H]2[C@@H](O)CO)cc1OC. The lowest BCUT2D eigenvalue weighted by Gasteiger charge is -2.48. The van der Waals surface area contributed by atoms with Crippen LogP contribution in [0, 0.1) is 0 Å². The quantitative estimate of drug-likeness (QED) is 0.488. The van der Waals surface area contributed by atoms with Gasteiger partial charge in [-0.1, -0.05) is 6.07 Å². The van der Waals surface area contributed by atoms with Crippen molar-refractivity contribution in [2.24, 2.45) is 0 Å². The molecule has 3 atom stereocenters. The molecule has 1 fully saturated rings. The van der Waals surface area contributed by atoms with Crippen LogP contribution in [0.2, 0.25) is 0 Å². The molecule has 4 N–H and O–H groups in total. The van der Waals surface area contributed by atoms with Gasteiger partial charge in [-0.2, -0.15) is 0 Å². The van der Waals surface area contributed by atoms with Gasteiger partial charge in [0.2, 0.25) is 5.91 Å². The van der Waals surface area contributed by atoms with Crippen LogP contribution in [0.25, 0.3) is 0 Å². The van der Waals surface area contributed by atoms with Crippen LogP contribution in [0.15, 0.2) is 18.2 Å². The Morgan fingerprint density at radius 2 is 2.00 bits per heavy atom. The number of nitrogens with one attached hydrogen (secondary N) is 1. The average molecular weight is 340 g/mol. The Hall–Kier alpha value is -2.52. The fraction of sp³-hybridized carbons (Fsp3) is 0.467. The number of β-lactam (4-membered cyclic amide) rings is 1. The molecule has 1 aromatic rings. The molecule has 24 heavy (non-hydrogen) atoms. The zero-order chi connectivity index (χ0) is 17.9. The van der Waals surface area contributed by atoms with E-state index in [1.165, 1.54) is 19.1 Å². The fourth-order valence-electron chi connectivity index (χ4n) is 2.75. The molecule has 0 aromatic heterocycles. The molecule has 2 rings (SSSR count). The van der Waals surface area contributed by atoms with E-state index in [4.69, 9.17) is 19.7 Å². The van der Waals surface area contributed by atoms with Gasteiger partial charge in [0.1, 0.15) is 6.04 Å². The van der Waals surface area contributed by atoms with Gasteiger partial charge in [-0.15, -0.1) is 0 Å². The molecule has 0 saturated carbocycles. The molecule has 0 aliphatic carbocycles. The van der Waals surface area contributed by atoms with Crippen molar-refractivity contribution in [2.75, 3.05) is 20.8 Å². The maximum absolute atomic E-state index is 12.2. The smallest absolute Gasteiger partial charge is 0.405 e. The van der Waals surface area contributed by atoms with Crippen LogP contribution >= 0.6 is 0 Å². The predicted molar refractivity (Wildman–Crippen MR) is 81.9 cm³/mol. The molecule has 1 aliphatic rings. The summed E-state index contributed by atoms with van der Waals surface area (Å²) in [5.74, 6) is 0.556. The first-order valence-electron chi connectivity index (χ1n) is 7.22. The number of aliphatic hydroxyl groups excluding tert-OH is 2. The topological polar surface area (TPSA) is 129 Å². The summed E-state index contributed by atoms with van der Waals surface area (Å²) in [7, 11) is 2.99. The normalized spacial score (nSPS) is 21.0. The Morgan fingerprint density at radius 3 is 2.54 bits per heavy atom. The molecule has 0 spiro atoms. The summed E-state index contributed by atoms with van der Waals surface area (Å²) in [6, 6.07) is 3.18. The van der Waals surface area contributed by atoms with Gasteiger partial charge in [0.25, 0.3) is 0 Å². The van der Waals surface area contributed by atoms with Gasteiger partial charge in [-0.05, 0) is 17.7 Å². The fourth-order valence-corrected chi connectivity index (χ4v) is 2.75. The molecule has 0 radical (unpaired) electrons. The highest BCUT2D eigenvalue weighted by Crippen LogP contribution is 2.31. The van der Waals surface area contributed by atoms with Crippen molar-refractivity contribution in [3.63, 3.8) is 0 Å². The summed E-state index contributed by atoms with van der Waals surface area (Å²) < 4.78 is 10.3. The molecule has 0 unspecified atom stereocenters. The zero-order valence-corrected chi connectivity index (χ0v) is 13.3. The van der Waals surface area contributed by atoms with Gasteiger partial charge in [0.05, 0.1) is 33.0 Å². The number of hydrogen-bond donors (Lipinski definition) is 4. The van der Waals surface area contributed by atoms with Crippen LogP contribution in [0.3, 0.4) is 0 Å². The van der Waals surface area contributed by atoms with E-state index < -0.39 is 36.8 Å². The molecule has 132 valence electrons. The first-order chi connectivity index (χ1) is 11.4. The number of likely N-dealkylation sites (tertiary alicyclic amines) is 1. The highest BCUT2D eigenvalue weighted by Gasteiger charge is 2.51. The number of hydrogen-bond acceptors (Lipinski definition) is 6. The average Bonchev–Trinajstić information content (AvgIpc) is 2.59. The zero-order valence-electron chi connectivity index (χ0n) is 13.3. The molecule has 1 heterocycles. The number of carboxylic acid groups (broad SMARTS) is 1. The number of nitrogens with zero attached hydrogens (tertiary/aromatic N) is 1. The van der Waals surface area contributed by atoms with E-state index >= 15 is 0 Å². The van der Waals surface area contributed by atoms with E-state index in [0.29, 0.717) is 17.1 Å². The van der Waals surface area contributed by atoms with Crippen LogP contribution in [0.5, 0.6) is 11.5 Å². The number of rotatable bonds is 7. The van der Waals surface area contributed by atoms with Crippen LogP contribution in [-0.2, 0) is 11.3 Å². The number of benzene rings is 1. The van der Waals surface area contributed by atoms with Crippen molar-refractivity contribution >= 4 is 12.0 Å². The second-order valence-electron chi connectivity index (χ2n) is 5.32. The van der Waals surface area contributed by atoms with Gasteiger partial charge in [-0.25, -0.2) is 4.79 Å². The lowest BCUT2D eigenvalue weighted by atomic mass is 9.89. The van der Waals surface area contributed by atoms with Crippen molar-refractivity contribution < 1.29 is 34.4 Å². The first-order valence-corrected chi connectivity index (χ1v) is 7.22. The largest absolute Gasteiger partial charge is 0.493 e. The minimum absolute atomic E-state index is 0.138. The van der Waals surface area contributed by atoms with Gasteiger partial charge in [0.15, 0.2) is 11.5 Å². The monoisotopic (exact) mass is 340 g/mol. The van der Waals surface area contributed by atoms with Gasteiger partial charge in [-0.3, -0.25) is 4.79 Å². The van der Waals surface area contributed by atoms with E-state index in [2.05, 4.69) is 5.32 Å². The molecule has 0 bridgehead atoms. The minimum atomic E-state index is -1.37. The molecule has 1 aliphatic heterocycles. The molecule has 9 heteroatoms. The third kappa shape index (κ3) is 3.36. The van der Waals surface area contributed by atoms with E-state index in [-0.39, 0.29) is 6.54 Å². The van der Waals surface area contributed by atoms with E-state index in [1.807, 2.05) is 0 Å². The van der Waals surface area contributed by atoms with Gasteiger partial charge in [0, 0.05) is 6.54 Å². The van der Waals surface area contributed by atoms with Crippen LogP contribution in [-0.4, -0.2) is 71.2 Å². The van der Waals surface area contributed by atoms with E-state index in [9.17, 15) is 14.7 Å². The van der Waals surface area contributed by atoms with E-state index in [1.54, 1.807) is 18.2 Å². The van der Waals surface area contributed by atoms with Crippen molar-refractivity contribution in [3.05, 3.63) is 23.8 Å². The second-order valence-corrected chi connectivity index (χ2v) is 5.32. The summed E-state index contributed by atoms with van der Waals surface area (Å²) in [5.41, 5.74) is 0.713. The van der Waals surface area contributed by atoms with Gasteiger partial charge >= 0.3 is 6.09 Å². The van der Waals surface area contributed by atoms with Crippen molar-refractivity contribution in [3.8, 4) is 11.5 Å². The standard InChI is InChI=1S/C15H20N2O7/c1-23-10-4-3-8(5-11(10)24-2)6-17-13(9(19)7-18)12(14(17)20)16-15(21)22/h3-5,9,12-13,16,18-19H,6-7H2,1-2H3,(H,21,22)/t9-,12-,13+/m0/s1. The summed E-state index contributed by atoms with van der Waals surface area (Å²) >= 11 is 0. The number of ether oxygens (including phenoxy) is 2. The Bertz CT molecular complexity index is 622. The Balaban J connectivity index is 2.18. The molecule has 1 aromatic carbocycles. The molecular weight excluding hydrogens is 320 g/mol. The summed E-state index contributed by atoms with van der Waals surface area (Å²) in [6.45, 7) is -0.448. The first kappa shape index (κ1) is 17.8. The minimum Gasteiger partial charge on any atom is -0.493 e. The number of carbonyl (C=O) groups excluding carboxylic acids is 1. The summed E-state index contributed by atoms with van der Waals surface area (Å²) in [5, 5.41) is 29.9. The van der Waals surface area contributed by atoms with Crippen molar-refractivity contribution in [1.82, 2.24) is 10.2 Å². The molecule has 1 saturated heterocycles. The van der Waals surface area contributed by atoms with Crippen molar-refractivity contribution in [1.29, 1.82) is 0 Å². The van der Waals surface area contributed by atoms with Crippen LogP contribution in [0.4, 0.5) is 4.79 Å². The van der Waals surface area contributed by atoms with Crippen LogP contribution < -0.4 is 14.8 Å². The third-order valence-corrected chi connectivity index (χ3v) is 3.91. The third-order valence-electron chi connectivity index (χ3n) is 3.91. The van der Waals surface area contributed by atoms with Crippen LogP contribution in [0.1, 0.15) is 5.56 Å². The Kier molecular flexibility index (Phi) is 5.47. The Labute approximate surface area is 138 Å². The maximum atomic E-state index is 12.2. The predicted octanol–water partition coefficient (Wildman–Crippen LogP) is -0.596.